The molecule has 3 heterocycles. The van der Waals surface area contributed by atoms with E-state index in [0.717, 1.165) is 0 Å². The Hall–Kier alpha value is -3.17. The Bertz CT molecular complexity index is 1170. The van der Waals surface area contributed by atoms with Gasteiger partial charge in [0.05, 0.1) is 24.0 Å². The van der Waals surface area contributed by atoms with Crippen LogP contribution in [0.3, 0.4) is 0 Å². The Labute approximate surface area is 250 Å². The first-order valence-electron chi connectivity index (χ1n) is 15.3. The minimum absolute atomic E-state index is 0.00104. The van der Waals surface area contributed by atoms with Gasteiger partial charge in [0.15, 0.2) is 0 Å². The van der Waals surface area contributed by atoms with Gasteiger partial charge in [-0.3, -0.25) is 14.4 Å². The number of rotatable bonds is 15. The average Bonchev–Trinajstić information content (AvgIpc) is 3.58. The fourth-order valence-corrected chi connectivity index (χ4v) is 7.37. The molecule has 3 saturated heterocycles. The van der Waals surface area contributed by atoms with Crippen molar-refractivity contribution in [3.8, 4) is 5.75 Å². The fourth-order valence-electron chi connectivity index (χ4n) is 7.37. The zero-order chi connectivity index (χ0) is 30.7. The highest BCUT2D eigenvalue weighted by Gasteiger charge is 2.79. The van der Waals surface area contributed by atoms with Crippen molar-refractivity contribution in [2.45, 2.75) is 83.1 Å². The number of amides is 3. The number of likely N-dealkylation sites (tertiary alicyclic amines) is 1. The maximum Gasteiger partial charge on any atom is 0.248 e. The summed E-state index contributed by atoms with van der Waals surface area (Å²) in [4.78, 5) is 48.4. The van der Waals surface area contributed by atoms with Gasteiger partial charge in [0.2, 0.25) is 17.7 Å². The normalized spacial score (nSPS) is 27.7. The van der Waals surface area contributed by atoms with Crippen LogP contribution in [0.15, 0.2) is 49.6 Å². The summed E-state index contributed by atoms with van der Waals surface area (Å²) in [6, 6.07) is 6.38. The fraction of sp³-hybridized carbons (Fsp3) is 0.606. The molecule has 4 rings (SSSR count). The van der Waals surface area contributed by atoms with Crippen LogP contribution in [0.5, 0.6) is 5.75 Å². The highest BCUT2D eigenvalue weighted by atomic mass is 16.5. The number of fused-ring (bicyclic) bond motifs is 1. The molecule has 3 aliphatic rings. The van der Waals surface area contributed by atoms with Crippen LogP contribution in [0, 0.1) is 11.8 Å². The number of nitrogens with zero attached hydrogens (tertiary/aromatic N) is 3. The van der Waals surface area contributed by atoms with Crippen LogP contribution in [0.4, 0.5) is 5.69 Å². The summed E-state index contributed by atoms with van der Waals surface area (Å²) in [5.74, 6) is -1.42. The van der Waals surface area contributed by atoms with Crippen molar-refractivity contribution < 1.29 is 29.0 Å². The van der Waals surface area contributed by atoms with Crippen molar-refractivity contribution in [3.63, 3.8) is 0 Å². The SMILES string of the molecule is C=CCN(C(=O)[C@H]1[C@H]2C(=O)N(CCCCO)C(C(=O)N(CC=C)C(C)C)C23CC[C@]1(CC)O3)c1ccc(OCC)cc1. The lowest BCUT2D eigenvalue weighted by atomic mass is 9.64. The molecule has 3 aliphatic heterocycles. The molecule has 9 nitrogen and oxygen atoms in total. The second-order valence-corrected chi connectivity index (χ2v) is 11.8. The van der Waals surface area contributed by atoms with Gasteiger partial charge in [-0.1, -0.05) is 19.1 Å². The second kappa shape index (κ2) is 13.0. The van der Waals surface area contributed by atoms with E-state index in [0.29, 0.717) is 63.2 Å². The van der Waals surface area contributed by atoms with E-state index < -0.39 is 29.1 Å². The topological polar surface area (TPSA) is 99.6 Å². The monoisotopic (exact) mass is 581 g/mol. The van der Waals surface area contributed by atoms with Crippen LogP contribution in [-0.2, 0) is 19.1 Å². The highest BCUT2D eigenvalue weighted by Crippen LogP contribution is 2.64. The molecule has 0 radical (unpaired) electrons. The summed E-state index contributed by atoms with van der Waals surface area (Å²) in [5, 5.41) is 9.44. The van der Waals surface area contributed by atoms with Crippen molar-refractivity contribution in [1.82, 2.24) is 9.80 Å². The van der Waals surface area contributed by atoms with Crippen molar-refractivity contribution in [3.05, 3.63) is 49.6 Å². The van der Waals surface area contributed by atoms with E-state index in [2.05, 4.69) is 13.2 Å². The van der Waals surface area contributed by atoms with Crippen LogP contribution >= 0.6 is 0 Å². The van der Waals surface area contributed by atoms with Crippen LogP contribution in [-0.4, -0.2) is 88.8 Å². The lowest BCUT2D eigenvalue weighted by Gasteiger charge is -2.38. The van der Waals surface area contributed by atoms with Crippen molar-refractivity contribution in [1.29, 1.82) is 0 Å². The van der Waals surface area contributed by atoms with Gasteiger partial charge in [-0.15, -0.1) is 13.2 Å². The number of unbranched alkanes of at least 4 members (excludes halogenated alkanes) is 1. The molecule has 3 amide bonds. The smallest absolute Gasteiger partial charge is 0.248 e. The van der Waals surface area contributed by atoms with Gasteiger partial charge in [0, 0.05) is 38.0 Å². The molecule has 9 heteroatoms. The number of aliphatic hydroxyl groups excluding tert-OH is 1. The minimum atomic E-state index is -1.10. The molecule has 1 aromatic rings. The molecular weight excluding hydrogens is 534 g/mol. The molecule has 5 atom stereocenters. The summed E-state index contributed by atoms with van der Waals surface area (Å²) < 4.78 is 12.5. The van der Waals surface area contributed by atoms with E-state index in [-0.39, 0.29) is 36.9 Å². The predicted octanol–water partition coefficient (Wildman–Crippen LogP) is 3.95. The van der Waals surface area contributed by atoms with E-state index in [4.69, 9.17) is 9.47 Å². The standard InChI is InChI=1S/C33H47N3O6/c1-7-19-34(23(5)6)31(40)28-33-18-17-32(9-3,42-33)26(27(33)30(39)36(28)21-11-12-22-37)29(38)35(20-8-2)24-13-15-25(16-14-24)41-10-4/h7-8,13-16,23,26-28,37H,1-2,9-12,17-22H2,3-6H3/t26-,27+,28?,32+,33?/m1/s1. The maximum atomic E-state index is 14.6. The quantitative estimate of drug-likeness (QED) is 0.249. The Kier molecular flexibility index (Phi) is 9.83. The molecular formula is C33H47N3O6. The highest BCUT2D eigenvalue weighted by molar-refractivity contribution is 6.03. The number of hydrogen-bond acceptors (Lipinski definition) is 6. The van der Waals surface area contributed by atoms with Crippen LogP contribution in [0.2, 0.25) is 0 Å². The summed E-state index contributed by atoms with van der Waals surface area (Å²) >= 11 is 0. The van der Waals surface area contributed by atoms with Gasteiger partial charge in [-0.2, -0.15) is 0 Å². The number of ether oxygens (including phenoxy) is 2. The Balaban J connectivity index is 1.78. The zero-order valence-corrected chi connectivity index (χ0v) is 25.6. The van der Waals surface area contributed by atoms with Gasteiger partial charge >= 0.3 is 0 Å². The van der Waals surface area contributed by atoms with E-state index in [9.17, 15) is 19.5 Å². The van der Waals surface area contributed by atoms with Crippen molar-refractivity contribution >= 4 is 23.4 Å². The minimum Gasteiger partial charge on any atom is -0.494 e. The number of carbonyl (C=O) groups excluding carboxylic acids is 3. The van der Waals surface area contributed by atoms with Gasteiger partial charge in [-0.25, -0.2) is 0 Å². The molecule has 0 saturated carbocycles. The first-order chi connectivity index (χ1) is 20.2. The number of anilines is 1. The third-order valence-electron chi connectivity index (χ3n) is 9.26. The molecule has 0 aliphatic carbocycles. The van der Waals surface area contributed by atoms with Crippen LogP contribution in [0.1, 0.15) is 59.8 Å². The first kappa shape index (κ1) is 31.8. The van der Waals surface area contributed by atoms with Gasteiger partial charge in [-0.05, 0) is 77.1 Å². The Morgan fingerprint density at radius 2 is 1.81 bits per heavy atom. The van der Waals surface area contributed by atoms with Crippen LogP contribution < -0.4 is 9.64 Å². The molecule has 0 aromatic heterocycles. The van der Waals surface area contributed by atoms with Gasteiger partial charge in [0.25, 0.3) is 0 Å². The van der Waals surface area contributed by atoms with Gasteiger partial charge < -0.3 is 29.3 Å². The third-order valence-corrected chi connectivity index (χ3v) is 9.26. The summed E-state index contributed by atoms with van der Waals surface area (Å²) in [6.07, 6.45) is 6.09. The second-order valence-electron chi connectivity index (χ2n) is 11.8. The van der Waals surface area contributed by atoms with Crippen LogP contribution in [0.25, 0.3) is 0 Å². The molecule has 1 aromatic carbocycles. The molecule has 3 fully saturated rings. The third kappa shape index (κ3) is 5.26. The van der Waals surface area contributed by atoms with E-state index in [1.165, 1.54) is 0 Å². The molecule has 2 unspecified atom stereocenters. The maximum absolute atomic E-state index is 14.6. The predicted molar refractivity (Wildman–Crippen MR) is 162 cm³/mol. The molecule has 230 valence electrons. The molecule has 2 bridgehead atoms. The van der Waals surface area contributed by atoms with Gasteiger partial charge in [0.1, 0.15) is 17.4 Å². The van der Waals surface area contributed by atoms with Crippen molar-refractivity contribution in [2.24, 2.45) is 11.8 Å². The van der Waals surface area contributed by atoms with E-state index in [1.807, 2.05) is 52.0 Å². The summed E-state index contributed by atoms with van der Waals surface area (Å²) in [5.41, 5.74) is -1.27. The lowest BCUT2D eigenvalue weighted by Crippen LogP contribution is -2.57. The number of carbonyl (C=O) groups is 3. The van der Waals surface area contributed by atoms with E-state index >= 15 is 0 Å². The Morgan fingerprint density at radius 3 is 2.38 bits per heavy atom. The number of aliphatic hydroxyl groups is 1. The van der Waals surface area contributed by atoms with E-state index in [1.54, 1.807) is 26.9 Å². The number of benzene rings is 1. The molecule has 1 spiro atoms. The largest absolute Gasteiger partial charge is 0.494 e. The lowest BCUT2D eigenvalue weighted by molar-refractivity contribution is -0.153. The first-order valence-corrected chi connectivity index (χ1v) is 15.3. The Morgan fingerprint density at radius 1 is 1.12 bits per heavy atom. The number of hydrogen-bond donors (Lipinski definition) is 1. The molecule has 1 N–H and O–H groups in total. The average molecular weight is 582 g/mol. The summed E-state index contributed by atoms with van der Waals surface area (Å²) in [6.45, 7) is 17.0. The van der Waals surface area contributed by atoms with Crippen molar-refractivity contribution in [2.75, 3.05) is 37.7 Å². The molecule has 42 heavy (non-hydrogen) atoms. The zero-order valence-electron chi connectivity index (χ0n) is 25.6. The summed E-state index contributed by atoms with van der Waals surface area (Å²) in [7, 11) is 0.